The van der Waals surface area contributed by atoms with Gasteiger partial charge >= 0.3 is 0 Å². The summed E-state index contributed by atoms with van der Waals surface area (Å²) < 4.78 is 0.925. The summed E-state index contributed by atoms with van der Waals surface area (Å²) >= 11 is 3.35. The topological polar surface area (TPSA) is 41.1 Å². The highest BCUT2D eigenvalue weighted by atomic mass is 79.9. The van der Waals surface area contributed by atoms with Crippen LogP contribution in [0.15, 0.2) is 16.9 Å². The minimum atomic E-state index is 0.538. The Bertz CT molecular complexity index is 381. The van der Waals surface area contributed by atoms with Gasteiger partial charge in [0.25, 0.3) is 0 Å². The van der Waals surface area contributed by atoms with E-state index in [2.05, 4.69) is 36.1 Å². The number of anilines is 1. The van der Waals surface area contributed by atoms with Crippen LogP contribution in [0.1, 0.15) is 25.7 Å². The van der Waals surface area contributed by atoms with E-state index in [-0.39, 0.29) is 0 Å². The molecule has 2 aliphatic rings. The lowest BCUT2D eigenvalue weighted by Gasteiger charge is -2.35. The molecular formula is C12H17BrN4. The third kappa shape index (κ3) is 2.60. The Morgan fingerprint density at radius 3 is 2.88 bits per heavy atom. The molecule has 2 saturated heterocycles. The standard InChI is InChI=1S/C12H17BrN4/c13-9-7-14-12(15-8-9)16-10-3-5-17-4-1-2-11(17)6-10/h7-8,10-11H,1-6H2,(H,14,15,16). The SMILES string of the molecule is Brc1cnc(NC2CCN3CCCC3C2)nc1. The second kappa shape index (κ2) is 4.90. The van der Waals surface area contributed by atoms with Crippen molar-refractivity contribution >= 4 is 21.9 Å². The number of nitrogens with zero attached hydrogens (tertiary/aromatic N) is 3. The van der Waals surface area contributed by atoms with Crippen LogP contribution in [0.3, 0.4) is 0 Å². The summed E-state index contributed by atoms with van der Waals surface area (Å²) in [6, 6.07) is 1.33. The van der Waals surface area contributed by atoms with Crippen molar-refractivity contribution in [3.05, 3.63) is 16.9 Å². The number of fused-ring (bicyclic) bond motifs is 1. The second-order valence-corrected chi connectivity index (χ2v) is 5.84. The van der Waals surface area contributed by atoms with Crippen molar-refractivity contribution in [1.29, 1.82) is 0 Å². The van der Waals surface area contributed by atoms with Gasteiger partial charge in [0.1, 0.15) is 0 Å². The molecule has 0 aromatic carbocycles. The molecule has 0 amide bonds. The zero-order valence-corrected chi connectivity index (χ0v) is 11.4. The maximum Gasteiger partial charge on any atom is 0.222 e. The summed E-state index contributed by atoms with van der Waals surface area (Å²) in [7, 11) is 0. The van der Waals surface area contributed by atoms with E-state index in [9.17, 15) is 0 Å². The molecule has 17 heavy (non-hydrogen) atoms. The fraction of sp³-hybridized carbons (Fsp3) is 0.667. The first-order chi connectivity index (χ1) is 8.31. The van der Waals surface area contributed by atoms with E-state index in [1.54, 1.807) is 12.4 Å². The number of hydrogen-bond acceptors (Lipinski definition) is 4. The van der Waals surface area contributed by atoms with Gasteiger partial charge in [0, 0.05) is 31.0 Å². The minimum absolute atomic E-state index is 0.538. The number of hydrogen-bond donors (Lipinski definition) is 1. The van der Waals surface area contributed by atoms with Crippen molar-refractivity contribution < 1.29 is 0 Å². The zero-order valence-electron chi connectivity index (χ0n) is 9.77. The van der Waals surface area contributed by atoms with Crippen LogP contribution in [0, 0.1) is 0 Å². The fourth-order valence-corrected chi connectivity index (χ4v) is 3.13. The number of halogens is 1. The van der Waals surface area contributed by atoms with Crippen LogP contribution in [-0.4, -0.2) is 40.0 Å². The third-order valence-corrected chi connectivity index (χ3v) is 4.18. The van der Waals surface area contributed by atoms with E-state index in [4.69, 9.17) is 0 Å². The molecule has 3 heterocycles. The van der Waals surface area contributed by atoms with Gasteiger partial charge in [0.15, 0.2) is 0 Å². The predicted molar refractivity (Wildman–Crippen MR) is 71.0 cm³/mol. The van der Waals surface area contributed by atoms with Gasteiger partial charge in [-0.3, -0.25) is 0 Å². The second-order valence-electron chi connectivity index (χ2n) is 4.92. The van der Waals surface area contributed by atoms with Crippen molar-refractivity contribution in [1.82, 2.24) is 14.9 Å². The first-order valence-electron chi connectivity index (χ1n) is 6.29. The highest BCUT2D eigenvalue weighted by Crippen LogP contribution is 2.27. The van der Waals surface area contributed by atoms with Gasteiger partial charge in [-0.15, -0.1) is 0 Å². The molecule has 0 aliphatic carbocycles. The Labute approximate surface area is 110 Å². The predicted octanol–water partition coefficient (Wildman–Crippen LogP) is 2.28. The monoisotopic (exact) mass is 296 g/mol. The summed E-state index contributed by atoms with van der Waals surface area (Å²) in [4.78, 5) is 11.2. The molecule has 0 saturated carbocycles. The smallest absolute Gasteiger partial charge is 0.222 e. The van der Waals surface area contributed by atoms with E-state index in [1.807, 2.05) is 0 Å². The minimum Gasteiger partial charge on any atom is -0.351 e. The summed E-state index contributed by atoms with van der Waals surface area (Å²) in [6.45, 7) is 2.52. The van der Waals surface area contributed by atoms with Crippen molar-refractivity contribution in [3.8, 4) is 0 Å². The number of aromatic nitrogens is 2. The third-order valence-electron chi connectivity index (χ3n) is 3.77. The molecule has 1 aromatic rings. The van der Waals surface area contributed by atoms with Crippen LogP contribution >= 0.6 is 15.9 Å². The quantitative estimate of drug-likeness (QED) is 0.909. The van der Waals surface area contributed by atoms with E-state index in [1.165, 1.54) is 38.8 Å². The van der Waals surface area contributed by atoms with Gasteiger partial charge in [-0.1, -0.05) is 0 Å². The van der Waals surface area contributed by atoms with E-state index < -0.39 is 0 Å². The first-order valence-corrected chi connectivity index (χ1v) is 7.09. The van der Waals surface area contributed by atoms with Crippen LogP contribution in [0.5, 0.6) is 0 Å². The van der Waals surface area contributed by atoms with E-state index in [0.717, 1.165) is 16.5 Å². The molecule has 92 valence electrons. The molecule has 5 heteroatoms. The Morgan fingerprint density at radius 2 is 2.06 bits per heavy atom. The first kappa shape index (κ1) is 11.4. The molecule has 4 nitrogen and oxygen atoms in total. The molecular weight excluding hydrogens is 280 g/mol. The summed E-state index contributed by atoms with van der Waals surface area (Å²) in [5.74, 6) is 0.754. The summed E-state index contributed by atoms with van der Waals surface area (Å²) in [5, 5.41) is 3.45. The lowest BCUT2D eigenvalue weighted by Crippen LogP contribution is -2.42. The lowest BCUT2D eigenvalue weighted by molar-refractivity contribution is 0.188. The average molecular weight is 297 g/mol. The lowest BCUT2D eigenvalue weighted by atomic mass is 9.98. The van der Waals surface area contributed by atoms with Crippen LogP contribution in [0.25, 0.3) is 0 Å². The molecule has 2 fully saturated rings. The maximum absolute atomic E-state index is 4.28. The van der Waals surface area contributed by atoms with Gasteiger partial charge < -0.3 is 10.2 Å². The Morgan fingerprint density at radius 1 is 1.24 bits per heavy atom. The molecule has 2 unspecified atom stereocenters. The molecule has 2 aliphatic heterocycles. The Hall–Kier alpha value is -0.680. The van der Waals surface area contributed by atoms with Crippen LogP contribution < -0.4 is 5.32 Å². The van der Waals surface area contributed by atoms with Crippen LogP contribution in [-0.2, 0) is 0 Å². The molecule has 0 bridgehead atoms. The van der Waals surface area contributed by atoms with Crippen LogP contribution in [0.2, 0.25) is 0 Å². The van der Waals surface area contributed by atoms with Gasteiger partial charge in [-0.2, -0.15) is 0 Å². The zero-order chi connectivity index (χ0) is 11.7. The number of piperidine rings is 1. The molecule has 1 aromatic heterocycles. The van der Waals surface area contributed by atoms with Crippen molar-refractivity contribution in [2.75, 3.05) is 18.4 Å². The van der Waals surface area contributed by atoms with Crippen molar-refractivity contribution in [3.63, 3.8) is 0 Å². The molecule has 2 atom stereocenters. The van der Waals surface area contributed by atoms with Crippen molar-refractivity contribution in [2.24, 2.45) is 0 Å². The summed E-state index contributed by atoms with van der Waals surface area (Å²) in [6.07, 6.45) is 8.75. The van der Waals surface area contributed by atoms with E-state index >= 15 is 0 Å². The molecule has 3 rings (SSSR count). The molecule has 1 N–H and O–H groups in total. The van der Waals surface area contributed by atoms with Gasteiger partial charge in [0.05, 0.1) is 4.47 Å². The Kier molecular flexibility index (Phi) is 3.29. The summed E-state index contributed by atoms with van der Waals surface area (Å²) in [5.41, 5.74) is 0. The van der Waals surface area contributed by atoms with Gasteiger partial charge in [0.2, 0.25) is 5.95 Å². The van der Waals surface area contributed by atoms with Crippen molar-refractivity contribution in [2.45, 2.75) is 37.8 Å². The number of rotatable bonds is 2. The fourth-order valence-electron chi connectivity index (χ4n) is 2.92. The normalized spacial score (nSPS) is 29.0. The highest BCUT2D eigenvalue weighted by Gasteiger charge is 2.31. The van der Waals surface area contributed by atoms with Gasteiger partial charge in [-0.05, 0) is 48.2 Å². The maximum atomic E-state index is 4.28. The van der Waals surface area contributed by atoms with Crippen LogP contribution in [0.4, 0.5) is 5.95 Å². The van der Waals surface area contributed by atoms with Gasteiger partial charge in [-0.25, -0.2) is 9.97 Å². The largest absolute Gasteiger partial charge is 0.351 e. The molecule has 0 radical (unpaired) electrons. The highest BCUT2D eigenvalue weighted by molar-refractivity contribution is 9.10. The van der Waals surface area contributed by atoms with E-state index in [0.29, 0.717) is 6.04 Å². The Balaban J connectivity index is 1.60. The number of nitrogens with one attached hydrogen (secondary N) is 1. The average Bonchev–Trinajstić information content (AvgIpc) is 2.79. The molecule has 0 spiro atoms.